The number of rotatable bonds is 2. The summed E-state index contributed by atoms with van der Waals surface area (Å²) in [5.74, 6) is 0. The molecule has 0 aliphatic carbocycles. The highest BCUT2D eigenvalue weighted by Crippen LogP contribution is 2.28. The highest BCUT2D eigenvalue weighted by Gasteiger charge is 2.05. The van der Waals surface area contributed by atoms with E-state index < -0.39 is 0 Å². The first kappa shape index (κ1) is 11.7. The topological polar surface area (TPSA) is 12.4 Å². The molecule has 0 radical (unpaired) electrons. The van der Waals surface area contributed by atoms with Gasteiger partial charge in [0.1, 0.15) is 0 Å². The van der Waals surface area contributed by atoms with E-state index in [0.29, 0.717) is 0 Å². The van der Waals surface area contributed by atoms with Gasteiger partial charge in [0.15, 0.2) is 0 Å². The van der Waals surface area contributed by atoms with Crippen LogP contribution in [0.3, 0.4) is 0 Å². The predicted octanol–water partition coefficient (Wildman–Crippen LogP) is 4.45. The Morgan fingerprint density at radius 3 is 2.07 bits per heavy atom. The van der Waals surface area contributed by atoms with Gasteiger partial charge in [0.2, 0.25) is 0 Å². The van der Waals surface area contributed by atoms with E-state index in [1.807, 2.05) is 20.8 Å². The molecule has 0 fully saturated rings. The van der Waals surface area contributed by atoms with Gasteiger partial charge in [0.25, 0.3) is 0 Å². The predicted molar refractivity (Wildman–Crippen MR) is 69.1 cm³/mol. The van der Waals surface area contributed by atoms with Crippen LogP contribution in [-0.4, -0.2) is 5.71 Å². The van der Waals surface area contributed by atoms with E-state index in [4.69, 9.17) is 0 Å². The number of benzene rings is 1. The van der Waals surface area contributed by atoms with E-state index in [1.165, 1.54) is 11.1 Å². The van der Waals surface area contributed by atoms with E-state index in [9.17, 15) is 0 Å². The number of allylic oxidation sites excluding steroid dienone is 1. The van der Waals surface area contributed by atoms with Crippen molar-refractivity contribution in [3.05, 3.63) is 35.4 Å². The van der Waals surface area contributed by atoms with Crippen molar-refractivity contribution in [2.24, 2.45) is 4.99 Å². The minimum atomic E-state index is 1.03. The Labute approximate surface area is 92.6 Å². The van der Waals surface area contributed by atoms with Gasteiger partial charge >= 0.3 is 0 Å². The molecular formula is C14H19N. The van der Waals surface area contributed by atoms with E-state index in [-0.39, 0.29) is 0 Å². The molecule has 0 aliphatic rings. The van der Waals surface area contributed by atoms with E-state index >= 15 is 0 Å². The Hall–Kier alpha value is -1.37. The molecule has 1 aromatic rings. The maximum absolute atomic E-state index is 4.54. The van der Waals surface area contributed by atoms with Crippen LogP contribution >= 0.6 is 0 Å². The van der Waals surface area contributed by atoms with Gasteiger partial charge in [0.05, 0.1) is 5.69 Å². The SMILES string of the molecule is C=C(C)c1cc(C)c(C)cc1N=C(C)C. The summed E-state index contributed by atoms with van der Waals surface area (Å²) in [4.78, 5) is 4.54. The zero-order chi connectivity index (χ0) is 11.6. The van der Waals surface area contributed by atoms with Crippen molar-refractivity contribution < 1.29 is 0 Å². The average molecular weight is 201 g/mol. The fourth-order valence-electron chi connectivity index (χ4n) is 1.48. The summed E-state index contributed by atoms with van der Waals surface area (Å²) in [5.41, 5.74) is 6.89. The normalized spacial score (nSPS) is 9.93. The molecule has 0 N–H and O–H groups in total. The zero-order valence-electron chi connectivity index (χ0n) is 10.3. The molecule has 0 saturated carbocycles. The zero-order valence-corrected chi connectivity index (χ0v) is 10.3. The lowest BCUT2D eigenvalue weighted by Gasteiger charge is -2.09. The number of aliphatic imine (C=N–C) groups is 1. The van der Waals surface area contributed by atoms with E-state index in [1.54, 1.807) is 0 Å². The number of nitrogens with zero attached hydrogens (tertiary/aromatic N) is 1. The lowest BCUT2D eigenvalue weighted by molar-refractivity contribution is 1.30. The fourth-order valence-corrected chi connectivity index (χ4v) is 1.48. The average Bonchev–Trinajstić information content (AvgIpc) is 2.09. The molecule has 0 aromatic heterocycles. The monoisotopic (exact) mass is 201 g/mol. The molecule has 0 aliphatic heterocycles. The van der Waals surface area contributed by atoms with Crippen LogP contribution in [0.2, 0.25) is 0 Å². The molecule has 0 amide bonds. The fraction of sp³-hybridized carbons (Fsp3) is 0.357. The Morgan fingerprint density at radius 1 is 1.07 bits per heavy atom. The van der Waals surface area contributed by atoms with Crippen LogP contribution in [0.4, 0.5) is 5.69 Å². The van der Waals surface area contributed by atoms with Gasteiger partial charge in [-0.1, -0.05) is 6.58 Å². The second kappa shape index (κ2) is 4.43. The first-order chi connectivity index (χ1) is 6.91. The standard InChI is InChI=1S/C14H19N/c1-9(2)13-7-11(5)12(6)8-14(13)15-10(3)4/h7-8H,1H2,2-6H3. The lowest BCUT2D eigenvalue weighted by atomic mass is 10.00. The summed E-state index contributed by atoms with van der Waals surface area (Å²) < 4.78 is 0. The largest absolute Gasteiger partial charge is 0.258 e. The molecule has 0 heterocycles. The molecule has 0 bridgehead atoms. The summed E-state index contributed by atoms with van der Waals surface area (Å²) in [6.45, 7) is 14.3. The van der Waals surface area contributed by atoms with Gasteiger partial charge in [-0.25, -0.2) is 0 Å². The molecule has 1 nitrogen and oxygen atoms in total. The second-order valence-electron chi connectivity index (χ2n) is 4.29. The summed E-state index contributed by atoms with van der Waals surface area (Å²) >= 11 is 0. The van der Waals surface area contributed by atoms with E-state index in [2.05, 4.69) is 37.6 Å². The van der Waals surface area contributed by atoms with Crippen LogP contribution in [0.25, 0.3) is 5.57 Å². The van der Waals surface area contributed by atoms with Gasteiger partial charge in [0, 0.05) is 11.3 Å². The summed E-state index contributed by atoms with van der Waals surface area (Å²) in [7, 11) is 0. The van der Waals surface area contributed by atoms with Crippen LogP contribution in [-0.2, 0) is 0 Å². The lowest BCUT2D eigenvalue weighted by Crippen LogP contribution is -1.88. The quantitative estimate of drug-likeness (QED) is 0.627. The third kappa shape index (κ3) is 2.79. The van der Waals surface area contributed by atoms with Crippen LogP contribution in [0.1, 0.15) is 37.5 Å². The third-order valence-corrected chi connectivity index (χ3v) is 2.42. The Kier molecular flexibility index (Phi) is 3.46. The highest BCUT2D eigenvalue weighted by atomic mass is 14.7. The molecule has 0 unspecified atom stereocenters. The molecule has 80 valence electrons. The maximum atomic E-state index is 4.54. The third-order valence-electron chi connectivity index (χ3n) is 2.42. The van der Waals surface area contributed by atoms with Crippen molar-refractivity contribution in [3.63, 3.8) is 0 Å². The molecular weight excluding hydrogens is 182 g/mol. The van der Waals surface area contributed by atoms with Crippen LogP contribution in [0, 0.1) is 13.8 Å². The maximum Gasteiger partial charge on any atom is 0.0706 e. The first-order valence-electron chi connectivity index (χ1n) is 5.21. The van der Waals surface area contributed by atoms with Crippen molar-refractivity contribution >= 4 is 17.0 Å². The number of aryl methyl sites for hydroxylation is 2. The summed E-state index contributed by atoms with van der Waals surface area (Å²) in [6, 6.07) is 4.30. The number of hydrogen-bond acceptors (Lipinski definition) is 1. The molecule has 0 saturated heterocycles. The van der Waals surface area contributed by atoms with Crippen molar-refractivity contribution in [2.45, 2.75) is 34.6 Å². The second-order valence-corrected chi connectivity index (χ2v) is 4.29. The van der Waals surface area contributed by atoms with Gasteiger partial charge in [-0.15, -0.1) is 0 Å². The minimum absolute atomic E-state index is 1.03. The van der Waals surface area contributed by atoms with Gasteiger partial charge < -0.3 is 0 Å². The van der Waals surface area contributed by atoms with Gasteiger partial charge in [-0.05, 0) is 63.5 Å². The highest BCUT2D eigenvalue weighted by molar-refractivity contribution is 5.85. The van der Waals surface area contributed by atoms with Crippen LogP contribution in [0.5, 0.6) is 0 Å². The van der Waals surface area contributed by atoms with Crippen molar-refractivity contribution in [3.8, 4) is 0 Å². The van der Waals surface area contributed by atoms with Crippen molar-refractivity contribution in [1.29, 1.82) is 0 Å². The molecule has 0 atom stereocenters. The molecule has 0 spiro atoms. The smallest absolute Gasteiger partial charge is 0.0706 e. The van der Waals surface area contributed by atoms with Crippen molar-refractivity contribution in [2.75, 3.05) is 0 Å². The van der Waals surface area contributed by atoms with Crippen LogP contribution < -0.4 is 0 Å². The Bertz CT molecular complexity index is 421. The van der Waals surface area contributed by atoms with Gasteiger partial charge in [-0.2, -0.15) is 0 Å². The molecule has 1 rings (SSSR count). The van der Waals surface area contributed by atoms with Gasteiger partial charge in [-0.3, -0.25) is 4.99 Å². The number of hydrogen-bond donors (Lipinski definition) is 0. The van der Waals surface area contributed by atoms with Crippen molar-refractivity contribution in [1.82, 2.24) is 0 Å². The summed E-state index contributed by atoms with van der Waals surface area (Å²) in [5, 5.41) is 0. The molecule has 1 aromatic carbocycles. The molecule has 1 heteroatoms. The Morgan fingerprint density at radius 2 is 1.60 bits per heavy atom. The summed E-state index contributed by atoms with van der Waals surface area (Å²) in [6.07, 6.45) is 0. The van der Waals surface area contributed by atoms with Crippen LogP contribution in [0.15, 0.2) is 23.7 Å². The van der Waals surface area contributed by atoms with E-state index in [0.717, 1.165) is 22.5 Å². The first-order valence-corrected chi connectivity index (χ1v) is 5.21. The Balaban J connectivity index is 3.41. The minimum Gasteiger partial charge on any atom is -0.258 e. The molecule has 15 heavy (non-hydrogen) atoms.